The highest BCUT2D eigenvalue weighted by Crippen LogP contribution is 2.17. The van der Waals surface area contributed by atoms with Crippen molar-refractivity contribution in [3.63, 3.8) is 0 Å². The first-order valence-corrected chi connectivity index (χ1v) is 6.97. The van der Waals surface area contributed by atoms with Crippen molar-refractivity contribution in [3.05, 3.63) is 29.8 Å². The van der Waals surface area contributed by atoms with Crippen LogP contribution in [0, 0.1) is 17.2 Å². The maximum atomic E-state index is 11.6. The zero-order valence-corrected chi connectivity index (χ0v) is 12.5. The van der Waals surface area contributed by atoms with E-state index >= 15 is 0 Å². The number of hydrogen-bond donors (Lipinski definition) is 2. The van der Waals surface area contributed by atoms with Gasteiger partial charge in [-0.1, -0.05) is 19.1 Å². The average Bonchev–Trinajstić information content (AvgIpc) is 2.53. The summed E-state index contributed by atoms with van der Waals surface area (Å²) in [6.45, 7) is 6.63. The van der Waals surface area contributed by atoms with Crippen LogP contribution in [0.2, 0.25) is 0 Å². The number of nitrogens with zero attached hydrogens (tertiary/aromatic N) is 2. The van der Waals surface area contributed by atoms with Crippen LogP contribution in [0.3, 0.4) is 0 Å². The van der Waals surface area contributed by atoms with Gasteiger partial charge in [-0.15, -0.1) is 0 Å². The molecule has 114 valence electrons. The van der Waals surface area contributed by atoms with Gasteiger partial charge in [0, 0.05) is 13.1 Å². The number of nitriles is 1. The van der Waals surface area contributed by atoms with Crippen molar-refractivity contribution < 1.29 is 9.53 Å². The molecule has 0 bridgehead atoms. The molecular weight excluding hydrogens is 268 g/mol. The summed E-state index contributed by atoms with van der Waals surface area (Å²) >= 11 is 0. The molecule has 0 aliphatic heterocycles. The fourth-order valence-corrected chi connectivity index (χ4v) is 1.95. The Hall–Kier alpha value is -2.10. The van der Waals surface area contributed by atoms with Crippen LogP contribution in [-0.4, -0.2) is 37.0 Å². The second kappa shape index (κ2) is 8.95. The number of benzene rings is 1. The summed E-state index contributed by atoms with van der Waals surface area (Å²) in [5, 5.41) is 8.84. The molecule has 0 saturated heterocycles. The van der Waals surface area contributed by atoms with E-state index in [2.05, 4.69) is 16.4 Å². The van der Waals surface area contributed by atoms with Crippen LogP contribution in [0.1, 0.15) is 24.2 Å². The number of hydrogen-bond acceptors (Lipinski definition) is 5. The topological polar surface area (TPSA) is 91.4 Å². The van der Waals surface area contributed by atoms with E-state index in [0.29, 0.717) is 31.0 Å². The van der Waals surface area contributed by atoms with Crippen LogP contribution in [0.25, 0.3) is 0 Å². The van der Waals surface area contributed by atoms with Crippen molar-refractivity contribution in [1.29, 1.82) is 5.26 Å². The van der Waals surface area contributed by atoms with Gasteiger partial charge in [0.2, 0.25) is 0 Å². The third-order valence-corrected chi connectivity index (χ3v) is 3.13. The molecule has 1 aromatic carbocycles. The Balaban J connectivity index is 2.56. The molecule has 1 amide bonds. The summed E-state index contributed by atoms with van der Waals surface area (Å²) in [5.41, 5.74) is 2.51. The molecule has 0 radical (unpaired) electrons. The van der Waals surface area contributed by atoms with Gasteiger partial charge in [0.25, 0.3) is 5.91 Å². The van der Waals surface area contributed by atoms with Gasteiger partial charge >= 0.3 is 0 Å². The molecule has 0 aliphatic carbocycles. The standard InChI is InChI=1S/C15H22N4O2/c1-3-19(11-12(2)10-16)8-9-21-14-7-5-4-6-13(14)15(20)18-17/h4-7,12H,3,8-9,11,17H2,1-2H3,(H,18,20). The summed E-state index contributed by atoms with van der Waals surface area (Å²) in [5.74, 6) is 5.26. The molecule has 0 heterocycles. The van der Waals surface area contributed by atoms with Crippen molar-refractivity contribution in [1.82, 2.24) is 10.3 Å². The Labute approximate surface area is 125 Å². The molecule has 0 aliphatic rings. The first-order chi connectivity index (χ1) is 10.1. The monoisotopic (exact) mass is 290 g/mol. The number of nitrogens with two attached hydrogens (primary N) is 1. The number of likely N-dealkylation sites (N-methyl/N-ethyl adjacent to an activating group) is 1. The molecule has 1 aromatic rings. The number of nitrogens with one attached hydrogen (secondary N) is 1. The Bertz CT molecular complexity index is 499. The first kappa shape index (κ1) is 17.0. The van der Waals surface area contributed by atoms with Crippen LogP contribution < -0.4 is 16.0 Å². The number of para-hydroxylation sites is 1. The number of rotatable bonds is 8. The largest absolute Gasteiger partial charge is 0.491 e. The van der Waals surface area contributed by atoms with Gasteiger partial charge in [0.05, 0.1) is 17.6 Å². The van der Waals surface area contributed by atoms with Gasteiger partial charge < -0.3 is 4.74 Å². The third kappa shape index (κ3) is 5.42. The lowest BCUT2D eigenvalue weighted by Gasteiger charge is -2.21. The first-order valence-electron chi connectivity index (χ1n) is 6.97. The smallest absolute Gasteiger partial charge is 0.268 e. The number of amides is 1. The van der Waals surface area contributed by atoms with Gasteiger partial charge in [-0.2, -0.15) is 5.26 Å². The van der Waals surface area contributed by atoms with Crippen molar-refractivity contribution in [3.8, 4) is 11.8 Å². The molecule has 3 N–H and O–H groups in total. The van der Waals surface area contributed by atoms with Crippen LogP contribution in [0.4, 0.5) is 0 Å². The van der Waals surface area contributed by atoms with E-state index in [1.54, 1.807) is 24.3 Å². The van der Waals surface area contributed by atoms with Crippen LogP contribution in [0.15, 0.2) is 24.3 Å². The van der Waals surface area contributed by atoms with Gasteiger partial charge in [-0.05, 0) is 25.6 Å². The normalized spacial score (nSPS) is 11.8. The highest BCUT2D eigenvalue weighted by molar-refractivity contribution is 5.96. The molecule has 1 rings (SSSR count). The van der Waals surface area contributed by atoms with E-state index in [-0.39, 0.29) is 11.8 Å². The number of ether oxygens (including phenoxy) is 1. The summed E-state index contributed by atoms with van der Waals surface area (Å²) in [7, 11) is 0. The minimum absolute atomic E-state index is 0.0137. The molecular formula is C15H22N4O2. The summed E-state index contributed by atoms with van der Waals surface area (Å²) < 4.78 is 5.67. The van der Waals surface area contributed by atoms with E-state index in [0.717, 1.165) is 6.54 Å². The second-order valence-electron chi connectivity index (χ2n) is 4.74. The zero-order valence-electron chi connectivity index (χ0n) is 12.5. The number of hydrazine groups is 1. The number of nitrogen functional groups attached to an aromatic ring is 1. The molecule has 0 aromatic heterocycles. The molecule has 6 nitrogen and oxygen atoms in total. The lowest BCUT2D eigenvalue weighted by atomic mass is 10.2. The predicted molar refractivity (Wildman–Crippen MR) is 80.5 cm³/mol. The van der Waals surface area contributed by atoms with E-state index < -0.39 is 0 Å². The fourth-order valence-electron chi connectivity index (χ4n) is 1.95. The summed E-state index contributed by atoms with van der Waals surface area (Å²) in [4.78, 5) is 13.7. The molecule has 0 fully saturated rings. The van der Waals surface area contributed by atoms with Gasteiger partial charge in [-0.3, -0.25) is 15.1 Å². The highest BCUT2D eigenvalue weighted by atomic mass is 16.5. The lowest BCUT2D eigenvalue weighted by molar-refractivity contribution is 0.0948. The third-order valence-electron chi connectivity index (χ3n) is 3.13. The molecule has 0 spiro atoms. The second-order valence-corrected chi connectivity index (χ2v) is 4.74. The molecule has 6 heteroatoms. The predicted octanol–water partition coefficient (Wildman–Crippen LogP) is 1.15. The summed E-state index contributed by atoms with van der Waals surface area (Å²) in [6.07, 6.45) is 0. The van der Waals surface area contributed by atoms with Gasteiger partial charge in [0.1, 0.15) is 12.4 Å². The summed E-state index contributed by atoms with van der Waals surface area (Å²) in [6, 6.07) is 9.17. The van der Waals surface area contributed by atoms with Gasteiger partial charge in [-0.25, -0.2) is 5.84 Å². The van der Waals surface area contributed by atoms with E-state index in [9.17, 15) is 4.79 Å². The zero-order chi connectivity index (χ0) is 15.7. The molecule has 1 atom stereocenters. The Morgan fingerprint density at radius 2 is 2.24 bits per heavy atom. The Kier molecular flexibility index (Phi) is 7.23. The SMILES string of the molecule is CCN(CCOc1ccccc1C(=O)NN)CC(C)C#N. The quantitative estimate of drug-likeness (QED) is 0.426. The van der Waals surface area contributed by atoms with Crippen LogP contribution >= 0.6 is 0 Å². The molecule has 21 heavy (non-hydrogen) atoms. The van der Waals surface area contributed by atoms with Crippen molar-refractivity contribution >= 4 is 5.91 Å². The Morgan fingerprint density at radius 1 is 1.52 bits per heavy atom. The maximum Gasteiger partial charge on any atom is 0.268 e. The van der Waals surface area contributed by atoms with Crippen molar-refractivity contribution in [2.75, 3.05) is 26.2 Å². The minimum atomic E-state index is -0.379. The van der Waals surface area contributed by atoms with E-state index in [1.807, 2.05) is 13.8 Å². The average molecular weight is 290 g/mol. The Morgan fingerprint density at radius 3 is 2.86 bits per heavy atom. The molecule has 1 unspecified atom stereocenters. The van der Waals surface area contributed by atoms with Crippen LogP contribution in [-0.2, 0) is 0 Å². The fraction of sp³-hybridized carbons (Fsp3) is 0.467. The van der Waals surface area contributed by atoms with Crippen molar-refractivity contribution in [2.45, 2.75) is 13.8 Å². The maximum absolute atomic E-state index is 11.6. The number of carbonyl (C=O) groups excluding carboxylic acids is 1. The number of carbonyl (C=O) groups is 1. The van der Waals surface area contributed by atoms with Crippen molar-refractivity contribution in [2.24, 2.45) is 11.8 Å². The van der Waals surface area contributed by atoms with E-state index in [1.165, 1.54) is 0 Å². The van der Waals surface area contributed by atoms with E-state index in [4.69, 9.17) is 15.8 Å². The molecule has 0 saturated carbocycles. The lowest BCUT2D eigenvalue weighted by Crippen LogP contribution is -2.33. The highest BCUT2D eigenvalue weighted by Gasteiger charge is 2.12. The van der Waals surface area contributed by atoms with Crippen LogP contribution in [0.5, 0.6) is 5.75 Å². The minimum Gasteiger partial charge on any atom is -0.491 e. The van der Waals surface area contributed by atoms with Gasteiger partial charge in [0.15, 0.2) is 0 Å².